The van der Waals surface area contributed by atoms with Gasteiger partial charge in [0.2, 0.25) is 5.91 Å². The first-order valence-electron chi connectivity index (χ1n) is 17.5. The van der Waals surface area contributed by atoms with Crippen LogP contribution in [0, 0.1) is 24.5 Å². The van der Waals surface area contributed by atoms with Gasteiger partial charge in [-0.05, 0) is 66.8 Å². The number of fused-ring (bicyclic) bond motifs is 3. The predicted molar refractivity (Wildman–Crippen MR) is 191 cm³/mol. The number of aromatic nitrogens is 7. The van der Waals surface area contributed by atoms with Crippen LogP contribution >= 0.6 is 0 Å². The number of aryl methyl sites for hydroxylation is 1. The summed E-state index contributed by atoms with van der Waals surface area (Å²) in [4.78, 5) is 35.0. The van der Waals surface area contributed by atoms with Crippen LogP contribution < -0.4 is 11.0 Å². The second kappa shape index (κ2) is 13.2. The highest BCUT2D eigenvalue weighted by Crippen LogP contribution is 2.55. The summed E-state index contributed by atoms with van der Waals surface area (Å²) in [7, 11) is 0. The number of pyridine rings is 2. The van der Waals surface area contributed by atoms with E-state index in [0.29, 0.717) is 49.9 Å². The Balaban J connectivity index is 1.29. The van der Waals surface area contributed by atoms with E-state index >= 15 is 8.78 Å². The number of benzene rings is 2. The van der Waals surface area contributed by atoms with Crippen LogP contribution in [0.3, 0.4) is 0 Å². The van der Waals surface area contributed by atoms with Gasteiger partial charge in [-0.2, -0.15) is 32.1 Å². The number of aromatic amines is 2. The summed E-state index contributed by atoms with van der Waals surface area (Å²) >= 11 is 0. The lowest BCUT2D eigenvalue weighted by Crippen LogP contribution is -2.35. The van der Waals surface area contributed by atoms with Gasteiger partial charge in [0.15, 0.2) is 11.3 Å². The average molecular weight is 777 g/mol. The van der Waals surface area contributed by atoms with Crippen molar-refractivity contribution in [3.63, 3.8) is 0 Å². The number of rotatable bonds is 8. The summed E-state index contributed by atoms with van der Waals surface area (Å²) in [6.45, 7) is 3.00. The Labute approximate surface area is 312 Å². The Hall–Kier alpha value is -6.26. The minimum Gasteiger partial charge on any atom is -0.353 e. The Morgan fingerprint density at radius 1 is 0.982 bits per heavy atom. The topological polar surface area (TPSA) is 126 Å². The third kappa shape index (κ3) is 6.20. The molecule has 8 rings (SSSR count). The maximum atomic E-state index is 15.6. The number of amides is 1. The predicted octanol–water partition coefficient (Wildman–Crippen LogP) is 7.98. The first-order valence-corrected chi connectivity index (χ1v) is 17.5. The van der Waals surface area contributed by atoms with Gasteiger partial charge in [0.1, 0.15) is 23.9 Å². The van der Waals surface area contributed by atoms with E-state index in [4.69, 9.17) is 4.98 Å². The molecule has 0 saturated heterocycles. The molecule has 0 aliphatic heterocycles. The molecule has 7 aromatic rings. The number of carbonyl (C=O) groups excluding carboxylic acids is 1. The number of hydrogen-bond donors (Lipinski definition) is 3. The number of nitrogens with zero attached hydrogens (tertiary/aromatic N) is 5. The fourth-order valence-corrected chi connectivity index (χ4v) is 7.67. The summed E-state index contributed by atoms with van der Waals surface area (Å²) in [5.74, 6) is -9.32. The van der Waals surface area contributed by atoms with Crippen LogP contribution in [0.1, 0.15) is 59.7 Å². The Morgan fingerprint density at radius 2 is 1.70 bits per heavy atom. The Kier molecular flexibility index (Phi) is 8.65. The molecule has 0 radical (unpaired) electrons. The van der Waals surface area contributed by atoms with E-state index in [-0.39, 0.29) is 17.7 Å². The lowest BCUT2D eigenvalue weighted by atomic mass is 9.94. The summed E-state index contributed by atoms with van der Waals surface area (Å²) in [5.41, 5.74) is 0.498. The molecule has 56 heavy (non-hydrogen) atoms. The number of halogens is 7. The summed E-state index contributed by atoms with van der Waals surface area (Å²) in [5, 5.41) is 12.6. The molecule has 2 aromatic carbocycles. The molecule has 0 spiro atoms. The van der Waals surface area contributed by atoms with Gasteiger partial charge in [0.25, 0.3) is 5.92 Å². The minimum absolute atomic E-state index is 0.0754. The third-order valence-corrected chi connectivity index (χ3v) is 10.5. The van der Waals surface area contributed by atoms with Crippen molar-refractivity contribution in [2.45, 2.75) is 57.8 Å². The van der Waals surface area contributed by atoms with E-state index in [2.05, 4.69) is 25.6 Å². The summed E-state index contributed by atoms with van der Waals surface area (Å²) in [6, 6.07) is 17.5. The molecule has 5 aromatic heterocycles. The van der Waals surface area contributed by atoms with Gasteiger partial charge in [-0.3, -0.25) is 9.48 Å². The van der Waals surface area contributed by atoms with Crippen molar-refractivity contribution in [3.8, 4) is 22.4 Å². The average Bonchev–Trinajstić information content (AvgIpc) is 3.88. The van der Waals surface area contributed by atoms with E-state index in [0.717, 1.165) is 24.6 Å². The van der Waals surface area contributed by atoms with Crippen LogP contribution in [0.5, 0.6) is 0 Å². The van der Waals surface area contributed by atoms with Gasteiger partial charge in [-0.25, -0.2) is 28.1 Å². The molecule has 288 valence electrons. The van der Waals surface area contributed by atoms with Crippen molar-refractivity contribution in [1.29, 1.82) is 0 Å². The molecule has 17 heteroatoms. The van der Waals surface area contributed by atoms with E-state index in [1.54, 1.807) is 31.2 Å². The maximum Gasteiger partial charge on any atom is 0.435 e. The zero-order valence-corrected chi connectivity index (χ0v) is 29.8. The van der Waals surface area contributed by atoms with Crippen LogP contribution in [-0.2, 0) is 29.9 Å². The van der Waals surface area contributed by atoms with Crippen molar-refractivity contribution < 1.29 is 35.5 Å². The molecule has 0 bridgehead atoms. The molecule has 1 amide bonds. The minimum atomic E-state index is -5.08. The third-order valence-electron chi connectivity index (χ3n) is 10.5. The van der Waals surface area contributed by atoms with Crippen molar-refractivity contribution in [2.24, 2.45) is 5.92 Å². The van der Waals surface area contributed by atoms with Crippen molar-refractivity contribution in [2.75, 3.05) is 0 Å². The van der Waals surface area contributed by atoms with Crippen LogP contribution in [-0.4, -0.2) is 40.3 Å². The molecule has 10 nitrogen and oxygen atoms in total. The Bertz CT molecular complexity index is 2710. The van der Waals surface area contributed by atoms with Gasteiger partial charge in [0, 0.05) is 40.1 Å². The first kappa shape index (κ1) is 36.7. The smallest absolute Gasteiger partial charge is 0.353 e. The standard InChI is InChI=1S/C39H31F7N8O2/c1-18-19(2)38(42,43)36-33(18)35(39(44,45)46)52-53(36)17-32(55)48-30(13-21-11-23(40)14-24(41)12-21)34-26(25-9-10-31-50-51-37(56)54(31)20(25)3)15-28-29(49-34)16-27(47-28)22-7-5-4-6-8-22/h4-12,14-16,18-19,30,47H,13,17H2,1-3H3,(H,48,55)(H,51,56)/t18-,19+,30-/m0/s1. The molecule has 0 unspecified atom stereocenters. The van der Waals surface area contributed by atoms with E-state index in [9.17, 15) is 31.5 Å². The zero-order chi connectivity index (χ0) is 39.8. The fraction of sp³-hybridized carbons (Fsp3) is 0.256. The SMILES string of the molecule is Cc1c(-c2cc3[nH]c(-c4ccccc4)cc3nc2[C@H](Cc2cc(F)cc(F)c2)NC(=O)Cn2nc(C(F)(F)F)c3c2C(F)(F)[C@H](C)[C@@H]3C)ccc2n[nH]c(=O)n12. The van der Waals surface area contributed by atoms with E-state index < -0.39 is 76.7 Å². The fourth-order valence-electron chi connectivity index (χ4n) is 7.67. The van der Waals surface area contributed by atoms with Crippen molar-refractivity contribution in [1.82, 2.24) is 39.7 Å². The number of nitrogens with one attached hydrogen (secondary N) is 3. The second-order valence-electron chi connectivity index (χ2n) is 14.0. The normalized spacial score (nSPS) is 17.1. The molecular formula is C39H31F7N8O2. The molecule has 1 aliphatic carbocycles. The Morgan fingerprint density at radius 3 is 2.39 bits per heavy atom. The quantitative estimate of drug-likeness (QED) is 0.135. The summed E-state index contributed by atoms with van der Waals surface area (Å²) in [6.07, 6.45) is -5.38. The molecular weight excluding hydrogens is 745 g/mol. The number of carbonyl (C=O) groups is 1. The van der Waals surface area contributed by atoms with E-state index in [1.165, 1.54) is 11.3 Å². The van der Waals surface area contributed by atoms with Crippen molar-refractivity contribution in [3.05, 3.63) is 129 Å². The highest BCUT2D eigenvalue weighted by Gasteiger charge is 2.57. The second-order valence-corrected chi connectivity index (χ2v) is 14.0. The summed E-state index contributed by atoms with van der Waals surface area (Å²) < 4.78 is 104. The first-order chi connectivity index (χ1) is 26.5. The van der Waals surface area contributed by atoms with Crippen LogP contribution in [0.4, 0.5) is 30.7 Å². The van der Waals surface area contributed by atoms with Crippen LogP contribution in [0.2, 0.25) is 0 Å². The zero-order valence-electron chi connectivity index (χ0n) is 29.8. The van der Waals surface area contributed by atoms with Gasteiger partial charge in [0.05, 0.1) is 22.8 Å². The van der Waals surface area contributed by atoms with Gasteiger partial charge in [-0.1, -0.05) is 44.2 Å². The van der Waals surface area contributed by atoms with Crippen LogP contribution in [0.25, 0.3) is 39.1 Å². The molecule has 0 fully saturated rings. The highest BCUT2D eigenvalue weighted by molar-refractivity contribution is 5.88. The number of alkyl halides is 5. The van der Waals surface area contributed by atoms with Gasteiger partial charge >= 0.3 is 11.9 Å². The van der Waals surface area contributed by atoms with E-state index in [1.807, 2.05) is 30.3 Å². The number of H-pyrrole nitrogens is 2. The molecule has 3 atom stereocenters. The molecule has 0 saturated carbocycles. The highest BCUT2D eigenvalue weighted by atomic mass is 19.4. The van der Waals surface area contributed by atoms with Gasteiger partial charge in [-0.15, -0.1) is 0 Å². The maximum absolute atomic E-state index is 15.6. The van der Waals surface area contributed by atoms with Crippen LogP contribution in [0.15, 0.2) is 77.6 Å². The lowest BCUT2D eigenvalue weighted by molar-refractivity contribution is -0.143. The molecule has 3 N–H and O–H groups in total. The lowest BCUT2D eigenvalue weighted by Gasteiger charge is -2.23. The monoisotopic (exact) mass is 776 g/mol. The van der Waals surface area contributed by atoms with Gasteiger partial charge < -0.3 is 10.3 Å². The molecule has 5 heterocycles. The largest absolute Gasteiger partial charge is 0.435 e. The number of hydrogen-bond acceptors (Lipinski definition) is 5. The van der Waals surface area contributed by atoms with Crippen molar-refractivity contribution >= 4 is 22.6 Å². The molecule has 1 aliphatic rings.